The van der Waals surface area contributed by atoms with E-state index in [1.54, 1.807) is 12.3 Å². The van der Waals surface area contributed by atoms with Crippen LogP contribution >= 0.6 is 0 Å². The zero-order valence-electron chi connectivity index (χ0n) is 17.6. The molecule has 1 fully saturated rings. The summed E-state index contributed by atoms with van der Waals surface area (Å²) in [6.45, 7) is 5.37. The van der Waals surface area contributed by atoms with Crippen LogP contribution in [-0.2, 0) is 13.1 Å². The Morgan fingerprint density at radius 3 is 2.67 bits per heavy atom. The maximum atomic E-state index is 13.5. The molecule has 5 nitrogen and oxygen atoms in total. The largest absolute Gasteiger partial charge is 1.00 e. The van der Waals surface area contributed by atoms with Crippen molar-refractivity contribution in [3.05, 3.63) is 69.9 Å². The van der Waals surface area contributed by atoms with Gasteiger partial charge in [0.1, 0.15) is 5.65 Å². The number of rotatable bonds is 5. The van der Waals surface area contributed by atoms with E-state index >= 15 is 0 Å². The second kappa shape index (κ2) is 9.81. The Labute approximate surface area is 194 Å². The Balaban J connectivity index is 0.00000256. The molecule has 0 aliphatic heterocycles. The average Bonchev–Trinajstić information content (AvgIpc) is 2.75. The summed E-state index contributed by atoms with van der Waals surface area (Å²) in [6.07, 6.45) is 9.89. The van der Waals surface area contributed by atoms with Gasteiger partial charge in [-0.1, -0.05) is 19.3 Å². The monoisotopic (exact) mass is 517 g/mol. The van der Waals surface area contributed by atoms with E-state index in [0.717, 1.165) is 12.2 Å². The molecule has 0 N–H and O–H groups in total. The zero-order chi connectivity index (χ0) is 20.4. The number of halogens is 1. The number of carbonyl (C=O) groups is 1. The van der Waals surface area contributed by atoms with Crippen molar-refractivity contribution in [2.24, 2.45) is 5.92 Å². The molecule has 3 aromatic heterocycles. The lowest BCUT2D eigenvalue weighted by Gasteiger charge is -2.19. The fourth-order valence-electron chi connectivity index (χ4n) is 4.39. The van der Waals surface area contributed by atoms with Crippen LogP contribution in [0, 0.1) is 12.8 Å². The Bertz CT molecular complexity index is 1120. The highest BCUT2D eigenvalue weighted by Gasteiger charge is 2.27. The SMILES string of the molecule is CCn1cc(C(=O)c2cccc[n+]2CC2CCCCC2)c(=O)c2ccc(C)nc21.[I-]. The minimum absolute atomic E-state index is 0. The first-order valence-electron chi connectivity index (χ1n) is 10.6. The van der Waals surface area contributed by atoms with Crippen molar-refractivity contribution in [3.8, 4) is 0 Å². The Morgan fingerprint density at radius 1 is 1.17 bits per heavy atom. The summed E-state index contributed by atoms with van der Waals surface area (Å²) in [7, 11) is 0. The summed E-state index contributed by atoms with van der Waals surface area (Å²) in [5.74, 6) is 0.384. The first-order valence-corrected chi connectivity index (χ1v) is 10.6. The van der Waals surface area contributed by atoms with Crippen LogP contribution in [0.25, 0.3) is 11.0 Å². The van der Waals surface area contributed by atoms with Crippen molar-refractivity contribution >= 4 is 16.8 Å². The number of ketones is 1. The highest BCUT2D eigenvalue weighted by Crippen LogP contribution is 2.24. The summed E-state index contributed by atoms with van der Waals surface area (Å²) in [4.78, 5) is 31.1. The lowest BCUT2D eigenvalue weighted by molar-refractivity contribution is -0.705. The van der Waals surface area contributed by atoms with Crippen LogP contribution in [0.1, 0.15) is 60.8 Å². The van der Waals surface area contributed by atoms with Crippen LogP contribution in [0.5, 0.6) is 0 Å². The molecule has 4 rings (SSSR count). The summed E-state index contributed by atoms with van der Waals surface area (Å²) in [6, 6.07) is 9.26. The van der Waals surface area contributed by atoms with Crippen molar-refractivity contribution in [2.45, 2.75) is 59.0 Å². The van der Waals surface area contributed by atoms with E-state index in [9.17, 15) is 9.59 Å². The van der Waals surface area contributed by atoms with Gasteiger partial charge in [0, 0.05) is 36.5 Å². The molecule has 30 heavy (non-hydrogen) atoms. The smallest absolute Gasteiger partial charge is 0.262 e. The number of hydrogen-bond donors (Lipinski definition) is 0. The predicted octanol–water partition coefficient (Wildman–Crippen LogP) is 0.828. The van der Waals surface area contributed by atoms with E-state index in [0.29, 0.717) is 29.2 Å². The molecule has 158 valence electrons. The maximum absolute atomic E-state index is 13.5. The van der Waals surface area contributed by atoms with Gasteiger partial charge in [0.2, 0.25) is 5.43 Å². The lowest BCUT2D eigenvalue weighted by atomic mass is 9.89. The summed E-state index contributed by atoms with van der Waals surface area (Å²) >= 11 is 0. The molecule has 1 saturated carbocycles. The minimum atomic E-state index is -0.240. The molecule has 0 unspecified atom stereocenters. The molecule has 1 aliphatic carbocycles. The first kappa shape index (κ1) is 22.6. The van der Waals surface area contributed by atoms with Crippen LogP contribution < -0.4 is 34.0 Å². The molecule has 0 radical (unpaired) electrons. The van der Waals surface area contributed by atoms with Crippen LogP contribution in [-0.4, -0.2) is 15.3 Å². The van der Waals surface area contributed by atoms with Gasteiger partial charge < -0.3 is 28.5 Å². The molecule has 0 saturated heterocycles. The minimum Gasteiger partial charge on any atom is -1.00 e. The summed E-state index contributed by atoms with van der Waals surface area (Å²) < 4.78 is 3.93. The molecule has 0 aromatic carbocycles. The third-order valence-corrected chi connectivity index (χ3v) is 6.00. The van der Waals surface area contributed by atoms with Crippen molar-refractivity contribution in [1.29, 1.82) is 0 Å². The fraction of sp³-hybridized carbons (Fsp3) is 0.417. The molecule has 0 atom stereocenters. The van der Waals surface area contributed by atoms with Gasteiger partial charge in [-0.25, -0.2) is 4.98 Å². The number of carbonyl (C=O) groups excluding carboxylic acids is 1. The molecule has 6 heteroatoms. The highest BCUT2D eigenvalue weighted by atomic mass is 127. The molecule has 0 amide bonds. The van der Waals surface area contributed by atoms with Gasteiger partial charge in [-0.15, -0.1) is 0 Å². The van der Waals surface area contributed by atoms with Crippen LogP contribution in [0.15, 0.2) is 47.5 Å². The van der Waals surface area contributed by atoms with Crippen molar-refractivity contribution in [3.63, 3.8) is 0 Å². The van der Waals surface area contributed by atoms with Gasteiger partial charge >= 0.3 is 0 Å². The Kier molecular flexibility index (Phi) is 7.39. The van der Waals surface area contributed by atoms with Gasteiger partial charge in [0.25, 0.3) is 11.5 Å². The van der Waals surface area contributed by atoms with Crippen molar-refractivity contribution in [1.82, 2.24) is 9.55 Å². The predicted molar refractivity (Wildman–Crippen MR) is 113 cm³/mol. The first-order chi connectivity index (χ1) is 14.1. The standard InChI is InChI=1S/C24H28N3O2.HI/c1-3-26-16-20(22(28)19-13-12-17(2)25-24(19)26)23(29)21-11-7-8-14-27(21)15-18-9-5-4-6-10-18;/h7-8,11-14,16,18H,3-6,9-10,15H2,1-2H3;1H/q+1;/p-1. The van der Waals surface area contributed by atoms with Gasteiger partial charge in [-0.3, -0.25) is 9.59 Å². The molecule has 3 aromatic rings. The van der Waals surface area contributed by atoms with E-state index < -0.39 is 0 Å². The van der Waals surface area contributed by atoms with E-state index in [4.69, 9.17) is 0 Å². The fourth-order valence-corrected chi connectivity index (χ4v) is 4.39. The quantitative estimate of drug-likeness (QED) is 0.286. The average molecular weight is 517 g/mol. The van der Waals surface area contributed by atoms with Crippen LogP contribution in [0.2, 0.25) is 0 Å². The second-order valence-electron chi connectivity index (χ2n) is 8.05. The van der Waals surface area contributed by atoms with E-state index in [1.807, 2.05) is 53.4 Å². The highest BCUT2D eigenvalue weighted by molar-refractivity contribution is 6.07. The molecular formula is C24H28IN3O2. The Morgan fingerprint density at radius 2 is 1.93 bits per heavy atom. The third-order valence-electron chi connectivity index (χ3n) is 6.00. The zero-order valence-corrected chi connectivity index (χ0v) is 19.8. The van der Waals surface area contributed by atoms with Crippen molar-refractivity contribution < 1.29 is 33.3 Å². The van der Waals surface area contributed by atoms with E-state index in [1.165, 1.54) is 32.1 Å². The second-order valence-corrected chi connectivity index (χ2v) is 8.05. The normalized spacial score (nSPS) is 14.5. The molecular weight excluding hydrogens is 489 g/mol. The van der Waals surface area contributed by atoms with Crippen LogP contribution in [0.3, 0.4) is 0 Å². The molecule has 0 spiro atoms. The molecule has 3 heterocycles. The molecule has 0 bridgehead atoms. The van der Waals surface area contributed by atoms with Crippen LogP contribution in [0.4, 0.5) is 0 Å². The number of pyridine rings is 3. The number of fused-ring (bicyclic) bond motifs is 1. The van der Waals surface area contributed by atoms with Gasteiger partial charge in [-0.05, 0) is 44.9 Å². The Hall–Kier alpha value is -2.09. The summed E-state index contributed by atoms with van der Waals surface area (Å²) in [5.41, 5.74) is 2.05. The van der Waals surface area contributed by atoms with Crippen molar-refractivity contribution in [2.75, 3.05) is 0 Å². The lowest BCUT2D eigenvalue weighted by Crippen LogP contribution is -3.00. The van der Waals surface area contributed by atoms with E-state index in [2.05, 4.69) is 4.98 Å². The summed E-state index contributed by atoms with van der Waals surface area (Å²) in [5, 5.41) is 0.498. The number of aromatic nitrogens is 3. The number of nitrogens with zero attached hydrogens (tertiary/aromatic N) is 3. The third kappa shape index (κ3) is 4.48. The molecule has 1 aliphatic rings. The topological polar surface area (TPSA) is 55.8 Å². The number of aryl methyl sites for hydroxylation is 2. The van der Waals surface area contributed by atoms with Gasteiger partial charge in [0.15, 0.2) is 12.7 Å². The van der Waals surface area contributed by atoms with Gasteiger partial charge in [0.05, 0.1) is 10.9 Å². The van der Waals surface area contributed by atoms with Gasteiger partial charge in [-0.2, -0.15) is 4.57 Å². The maximum Gasteiger partial charge on any atom is 0.262 e. The number of hydrogen-bond acceptors (Lipinski definition) is 3. The van der Waals surface area contributed by atoms with E-state index in [-0.39, 0.29) is 40.8 Å².